The Bertz CT molecular complexity index is 1390. The molecule has 34 heavy (non-hydrogen) atoms. The average molecular weight is 446 g/mol. The summed E-state index contributed by atoms with van der Waals surface area (Å²) in [5.74, 6) is 12.0. The minimum Gasteiger partial charge on any atom is -0.258 e. The van der Waals surface area contributed by atoms with Gasteiger partial charge in [0.25, 0.3) is 11.4 Å². The second-order valence-corrected chi connectivity index (χ2v) is 6.97. The number of benzene rings is 2. The summed E-state index contributed by atoms with van der Waals surface area (Å²) in [5.41, 5.74) is 4.01. The topological polar surface area (TPSA) is 112 Å². The van der Waals surface area contributed by atoms with Crippen LogP contribution in [0.3, 0.4) is 0 Å². The molecule has 0 bridgehead atoms. The zero-order valence-electron chi connectivity index (χ0n) is 17.5. The van der Waals surface area contributed by atoms with Crippen LogP contribution in [0.5, 0.6) is 0 Å². The molecule has 4 aromatic rings. The van der Waals surface area contributed by atoms with Gasteiger partial charge in [0.1, 0.15) is 0 Å². The molecule has 8 nitrogen and oxygen atoms in total. The zero-order valence-corrected chi connectivity index (χ0v) is 17.5. The Morgan fingerprint density at radius 1 is 0.529 bits per heavy atom. The summed E-state index contributed by atoms with van der Waals surface area (Å²) in [5, 5.41) is 21.5. The molecular weight excluding hydrogens is 432 g/mol. The van der Waals surface area contributed by atoms with Crippen molar-refractivity contribution in [3.63, 3.8) is 0 Å². The van der Waals surface area contributed by atoms with E-state index in [-0.39, 0.29) is 11.4 Å². The van der Waals surface area contributed by atoms with Crippen molar-refractivity contribution in [2.45, 2.75) is 0 Å². The Hall–Kier alpha value is -5.34. The van der Waals surface area contributed by atoms with Crippen LogP contribution in [0.25, 0.3) is 11.4 Å². The van der Waals surface area contributed by atoms with Crippen LogP contribution >= 0.6 is 0 Å². The van der Waals surface area contributed by atoms with Gasteiger partial charge in [0.2, 0.25) is 0 Å². The molecule has 4 rings (SSSR count). The van der Waals surface area contributed by atoms with Crippen molar-refractivity contribution in [3.8, 4) is 35.1 Å². The lowest BCUT2D eigenvalue weighted by molar-refractivity contribution is -0.385. The third-order valence-electron chi connectivity index (χ3n) is 4.64. The van der Waals surface area contributed by atoms with E-state index < -0.39 is 9.85 Å². The first-order chi connectivity index (χ1) is 16.5. The Morgan fingerprint density at radius 2 is 0.882 bits per heavy atom. The van der Waals surface area contributed by atoms with E-state index >= 15 is 0 Å². The molecule has 0 aliphatic heterocycles. The lowest BCUT2D eigenvalue weighted by atomic mass is 10.1. The number of pyridine rings is 2. The number of non-ortho nitro benzene ring substituents is 2. The second kappa shape index (κ2) is 9.86. The number of nitro groups is 2. The van der Waals surface area contributed by atoms with Gasteiger partial charge in [-0.25, -0.2) is 0 Å². The van der Waals surface area contributed by atoms with E-state index in [0.29, 0.717) is 33.6 Å². The molecule has 0 saturated heterocycles. The van der Waals surface area contributed by atoms with Crippen LogP contribution in [0.1, 0.15) is 22.3 Å². The first kappa shape index (κ1) is 21.9. The van der Waals surface area contributed by atoms with E-state index in [9.17, 15) is 20.2 Å². The SMILES string of the molecule is O=[N+]([O-])c1ccc(C#Cc2ccnc(-c3cc(C#Cc4ccc([N+](=O)[O-])cc4)ccn3)c2)cc1. The van der Waals surface area contributed by atoms with Crippen LogP contribution in [0, 0.1) is 43.9 Å². The van der Waals surface area contributed by atoms with Crippen LogP contribution < -0.4 is 0 Å². The number of aromatic nitrogens is 2. The van der Waals surface area contributed by atoms with Crippen molar-refractivity contribution in [3.05, 3.63) is 128 Å². The van der Waals surface area contributed by atoms with Gasteiger partial charge in [0.15, 0.2) is 0 Å². The zero-order chi connectivity index (χ0) is 23.9. The number of nitrogens with zero attached hydrogens (tertiary/aromatic N) is 4. The predicted octanol–water partition coefficient (Wildman–Crippen LogP) is 4.76. The van der Waals surface area contributed by atoms with E-state index in [1.54, 1.807) is 60.9 Å². The van der Waals surface area contributed by atoms with Gasteiger partial charge in [-0.1, -0.05) is 23.7 Å². The van der Waals surface area contributed by atoms with Gasteiger partial charge in [-0.3, -0.25) is 30.2 Å². The van der Waals surface area contributed by atoms with E-state index in [1.807, 2.05) is 0 Å². The van der Waals surface area contributed by atoms with Gasteiger partial charge in [-0.2, -0.15) is 0 Å². The lowest BCUT2D eigenvalue weighted by Gasteiger charge is -2.01. The van der Waals surface area contributed by atoms with E-state index in [0.717, 1.165) is 0 Å². The molecule has 0 saturated carbocycles. The van der Waals surface area contributed by atoms with E-state index in [4.69, 9.17) is 0 Å². The number of nitro benzene ring substituents is 2. The number of rotatable bonds is 3. The summed E-state index contributed by atoms with van der Waals surface area (Å²) < 4.78 is 0. The molecule has 2 aromatic carbocycles. The molecule has 2 aromatic heterocycles. The molecule has 162 valence electrons. The maximum atomic E-state index is 10.8. The summed E-state index contributed by atoms with van der Waals surface area (Å²) in [4.78, 5) is 29.3. The molecule has 0 fully saturated rings. The molecule has 0 radical (unpaired) electrons. The fourth-order valence-electron chi connectivity index (χ4n) is 2.92. The highest BCUT2D eigenvalue weighted by Crippen LogP contribution is 2.17. The smallest absolute Gasteiger partial charge is 0.258 e. The normalized spacial score (nSPS) is 9.76. The summed E-state index contributed by atoms with van der Waals surface area (Å²) >= 11 is 0. The third-order valence-corrected chi connectivity index (χ3v) is 4.64. The Balaban J connectivity index is 1.54. The lowest BCUT2D eigenvalue weighted by Crippen LogP contribution is -1.90. The summed E-state index contributed by atoms with van der Waals surface area (Å²) in [7, 11) is 0. The van der Waals surface area contributed by atoms with Crippen molar-refractivity contribution in [2.24, 2.45) is 0 Å². The maximum Gasteiger partial charge on any atom is 0.269 e. The molecule has 0 N–H and O–H groups in total. The molecule has 0 spiro atoms. The monoisotopic (exact) mass is 446 g/mol. The molecule has 0 atom stereocenters. The van der Waals surface area contributed by atoms with E-state index in [1.165, 1.54) is 24.3 Å². The van der Waals surface area contributed by atoms with Crippen molar-refractivity contribution in [1.82, 2.24) is 9.97 Å². The van der Waals surface area contributed by atoms with Crippen LogP contribution in [0.2, 0.25) is 0 Å². The minimum atomic E-state index is -0.455. The van der Waals surface area contributed by atoms with Crippen LogP contribution in [0.15, 0.2) is 85.2 Å². The molecule has 0 amide bonds. The fraction of sp³-hybridized carbons (Fsp3) is 0. The first-order valence-corrected chi connectivity index (χ1v) is 9.93. The highest BCUT2D eigenvalue weighted by molar-refractivity contribution is 5.60. The van der Waals surface area contributed by atoms with Gasteiger partial charge in [-0.15, -0.1) is 0 Å². The molecule has 0 unspecified atom stereocenters. The van der Waals surface area contributed by atoms with Crippen molar-refractivity contribution >= 4 is 11.4 Å². The fourth-order valence-corrected chi connectivity index (χ4v) is 2.92. The molecular formula is C26H14N4O4. The van der Waals surface area contributed by atoms with Crippen molar-refractivity contribution < 1.29 is 9.85 Å². The standard InChI is InChI=1S/C26H14N4O4/c31-29(32)23-9-5-19(6-10-23)1-3-21-13-15-27-25(17-21)26-18-22(14-16-28-26)4-2-20-7-11-24(12-8-20)30(33)34/h5-18H. The molecule has 0 aliphatic rings. The largest absolute Gasteiger partial charge is 0.269 e. The summed E-state index contributed by atoms with van der Waals surface area (Å²) in [6, 6.07) is 19.2. The predicted molar refractivity (Wildman–Crippen MR) is 126 cm³/mol. The molecule has 2 heterocycles. The van der Waals surface area contributed by atoms with Crippen molar-refractivity contribution in [2.75, 3.05) is 0 Å². The van der Waals surface area contributed by atoms with Gasteiger partial charge >= 0.3 is 0 Å². The quantitative estimate of drug-likeness (QED) is 0.255. The van der Waals surface area contributed by atoms with Gasteiger partial charge in [0, 0.05) is 58.9 Å². The summed E-state index contributed by atoms with van der Waals surface area (Å²) in [6.45, 7) is 0. The van der Waals surface area contributed by atoms with Gasteiger partial charge < -0.3 is 0 Å². The third kappa shape index (κ3) is 5.47. The van der Waals surface area contributed by atoms with E-state index in [2.05, 4.69) is 33.6 Å². The van der Waals surface area contributed by atoms with Crippen molar-refractivity contribution in [1.29, 1.82) is 0 Å². The summed E-state index contributed by atoms with van der Waals surface area (Å²) in [6.07, 6.45) is 3.26. The Labute approximate surface area is 194 Å². The first-order valence-electron chi connectivity index (χ1n) is 9.93. The minimum absolute atomic E-state index is 0.0133. The number of hydrogen-bond donors (Lipinski definition) is 0. The Kier molecular flexibility index (Phi) is 6.34. The van der Waals surface area contributed by atoms with Gasteiger partial charge in [0.05, 0.1) is 21.2 Å². The van der Waals surface area contributed by atoms with Crippen LogP contribution in [-0.4, -0.2) is 19.8 Å². The second-order valence-electron chi connectivity index (χ2n) is 6.97. The average Bonchev–Trinajstić information content (AvgIpc) is 2.87. The molecule has 0 aliphatic carbocycles. The molecule has 8 heteroatoms. The highest BCUT2D eigenvalue weighted by atomic mass is 16.6. The van der Waals surface area contributed by atoms with Crippen LogP contribution in [0.4, 0.5) is 11.4 Å². The van der Waals surface area contributed by atoms with Gasteiger partial charge in [-0.05, 0) is 48.5 Å². The Morgan fingerprint density at radius 3 is 1.24 bits per heavy atom. The highest BCUT2D eigenvalue weighted by Gasteiger charge is 2.05. The number of hydrogen-bond acceptors (Lipinski definition) is 6. The van der Waals surface area contributed by atoms with Crippen LogP contribution in [-0.2, 0) is 0 Å². The maximum absolute atomic E-state index is 10.8.